The zero-order valence-electron chi connectivity index (χ0n) is 7.84. The first-order valence-electron chi connectivity index (χ1n) is 4.41. The van der Waals surface area contributed by atoms with Crippen molar-refractivity contribution in [3.63, 3.8) is 0 Å². The minimum absolute atomic E-state index is 0.465. The Balaban J connectivity index is 2.30. The molecule has 1 aromatic rings. The van der Waals surface area contributed by atoms with Crippen LogP contribution in [-0.2, 0) is 5.54 Å². The number of carbonyl (C=O) groups is 1. The van der Waals surface area contributed by atoms with Gasteiger partial charge in [0.25, 0.3) is 0 Å². The molecule has 0 radical (unpaired) electrons. The van der Waals surface area contributed by atoms with Gasteiger partial charge in [-0.05, 0) is 18.9 Å². The molecule has 0 aliphatic heterocycles. The fraction of sp³-hybridized carbons (Fsp3) is 0.444. The van der Waals surface area contributed by atoms with Crippen molar-refractivity contribution in [3.05, 3.63) is 24.3 Å². The zero-order chi connectivity index (χ0) is 10.2. The average molecular weight is 193 g/mol. The smallest absolute Gasteiger partial charge is 0.407 e. The van der Waals surface area contributed by atoms with Gasteiger partial charge in [0.2, 0.25) is 0 Å². The Kier molecular flexibility index (Phi) is 1.87. The first kappa shape index (κ1) is 8.93. The van der Waals surface area contributed by atoms with Gasteiger partial charge in [-0.15, -0.1) is 0 Å². The summed E-state index contributed by atoms with van der Waals surface area (Å²) in [5.41, 5.74) is -0.465. The van der Waals surface area contributed by atoms with Crippen LogP contribution in [0.15, 0.2) is 18.5 Å². The van der Waals surface area contributed by atoms with E-state index in [9.17, 15) is 4.79 Å². The van der Waals surface area contributed by atoms with Crippen molar-refractivity contribution in [3.8, 4) is 0 Å². The summed E-state index contributed by atoms with van der Waals surface area (Å²) < 4.78 is 0. The Bertz CT molecular complexity index is 348. The molecule has 5 nitrogen and oxygen atoms in total. The molecule has 1 aliphatic rings. The highest BCUT2D eigenvalue weighted by Gasteiger charge is 2.52. The number of hydrogen-bond acceptors (Lipinski definition) is 3. The average Bonchev–Trinajstić information content (AvgIpc) is 2.99. The van der Waals surface area contributed by atoms with Gasteiger partial charge < -0.3 is 5.11 Å². The van der Waals surface area contributed by atoms with Crippen molar-refractivity contribution in [2.45, 2.75) is 18.4 Å². The first-order valence-corrected chi connectivity index (χ1v) is 4.41. The van der Waals surface area contributed by atoms with E-state index < -0.39 is 11.6 Å². The summed E-state index contributed by atoms with van der Waals surface area (Å²) in [4.78, 5) is 20.3. The van der Waals surface area contributed by atoms with Crippen LogP contribution in [0.4, 0.5) is 4.79 Å². The maximum absolute atomic E-state index is 10.8. The predicted octanol–water partition coefficient (Wildman–Crippen LogP) is 1.08. The van der Waals surface area contributed by atoms with Crippen molar-refractivity contribution < 1.29 is 9.90 Å². The van der Waals surface area contributed by atoms with Crippen LogP contribution in [0.5, 0.6) is 0 Å². The van der Waals surface area contributed by atoms with E-state index in [4.69, 9.17) is 5.11 Å². The van der Waals surface area contributed by atoms with Gasteiger partial charge in [-0.2, -0.15) is 0 Å². The predicted molar refractivity (Wildman–Crippen MR) is 48.7 cm³/mol. The molecule has 1 N–H and O–H groups in total. The SMILES string of the molecule is CN(C(=O)O)C1(c2ncccn2)CC1. The number of amides is 1. The highest BCUT2D eigenvalue weighted by molar-refractivity contribution is 5.66. The third kappa shape index (κ3) is 1.21. The molecule has 1 fully saturated rings. The van der Waals surface area contributed by atoms with Gasteiger partial charge in [-0.25, -0.2) is 14.8 Å². The first-order chi connectivity index (χ1) is 6.67. The summed E-state index contributed by atoms with van der Waals surface area (Å²) >= 11 is 0. The number of nitrogens with zero attached hydrogens (tertiary/aromatic N) is 3. The molecule has 1 aromatic heterocycles. The molecule has 1 aliphatic carbocycles. The van der Waals surface area contributed by atoms with E-state index in [0.29, 0.717) is 5.82 Å². The molecule has 1 amide bonds. The van der Waals surface area contributed by atoms with Crippen molar-refractivity contribution in [1.29, 1.82) is 0 Å². The molecule has 0 unspecified atom stereocenters. The lowest BCUT2D eigenvalue weighted by molar-refractivity contribution is 0.129. The van der Waals surface area contributed by atoms with Crippen LogP contribution in [0, 0.1) is 0 Å². The number of carboxylic acid groups (broad SMARTS) is 1. The van der Waals surface area contributed by atoms with E-state index in [1.165, 1.54) is 4.90 Å². The Morgan fingerprint density at radius 1 is 1.50 bits per heavy atom. The molecule has 1 saturated carbocycles. The molecule has 5 heteroatoms. The summed E-state index contributed by atoms with van der Waals surface area (Å²) in [6, 6.07) is 1.72. The van der Waals surface area contributed by atoms with E-state index in [1.807, 2.05) is 0 Å². The molecule has 2 rings (SSSR count). The van der Waals surface area contributed by atoms with Crippen molar-refractivity contribution in [2.24, 2.45) is 0 Å². The molecule has 0 spiro atoms. The van der Waals surface area contributed by atoms with Gasteiger partial charge in [0.1, 0.15) is 5.54 Å². The fourth-order valence-electron chi connectivity index (χ4n) is 1.55. The molecule has 74 valence electrons. The maximum Gasteiger partial charge on any atom is 0.407 e. The van der Waals surface area contributed by atoms with Crippen LogP contribution >= 0.6 is 0 Å². The Hall–Kier alpha value is -1.65. The summed E-state index contributed by atoms with van der Waals surface area (Å²) in [6.07, 6.45) is 3.95. The van der Waals surface area contributed by atoms with E-state index in [2.05, 4.69) is 9.97 Å². The maximum atomic E-state index is 10.8. The second kappa shape index (κ2) is 2.94. The van der Waals surface area contributed by atoms with Gasteiger partial charge >= 0.3 is 6.09 Å². The Labute approximate surface area is 81.4 Å². The summed E-state index contributed by atoms with van der Waals surface area (Å²) in [5.74, 6) is 0.602. The topological polar surface area (TPSA) is 66.3 Å². The number of rotatable bonds is 2. The standard InChI is InChI=1S/C9H11N3O2/c1-12(8(13)14)9(3-4-9)7-10-5-2-6-11-7/h2,5-6H,3-4H2,1H3,(H,13,14). The van der Waals surface area contributed by atoms with Crippen LogP contribution in [0.2, 0.25) is 0 Å². The summed E-state index contributed by atoms with van der Waals surface area (Å²) in [6.45, 7) is 0. The van der Waals surface area contributed by atoms with E-state index in [-0.39, 0.29) is 0 Å². The summed E-state index contributed by atoms with van der Waals surface area (Å²) in [7, 11) is 1.56. The molecule has 1 heterocycles. The zero-order valence-corrected chi connectivity index (χ0v) is 7.84. The summed E-state index contributed by atoms with van der Waals surface area (Å²) in [5, 5.41) is 8.89. The van der Waals surface area contributed by atoms with Crippen LogP contribution in [0.1, 0.15) is 18.7 Å². The van der Waals surface area contributed by atoms with Gasteiger partial charge in [0, 0.05) is 19.4 Å². The van der Waals surface area contributed by atoms with Gasteiger partial charge in [-0.3, -0.25) is 4.90 Å². The minimum atomic E-state index is -0.935. The lowest BCUT2D eigenvalue weighted by Gasteiger charge is -2.23. The van der Waals surface area contributed by atoms with Gasteiger partial charge in [0.05, 0.1) is 0 Å². The molecule has 14 heavy (non-hydrogen) atoms. The van der Waals surface area contributed by atoms with E-state index >= 15 is 0 Å². The molecule has 0 bridgehead atoms. The molecule has 0 saturated heterocycles. The third-order valence-corrected chi connectivity index (χ3v) is 2.63. The van der Waals surface area contributed by atoms with Gasteiger partial charge in [0.15, 0.2) is 5.82 Å². The highest BCUT2D eigenvalue weighted by atomic mass is 16.4. The third-order valence-electron chi connectivity index (χ3n) is 2.63. The van der Waals surface area contributed by atoms with E-state index in [1.54, 1.807) is 25.5 Å². The van der Waals surface area contributed by atoms with Crippen LogP contribution < -0.4 is 0 Å². The lowest BCUT2D eigenvalue weighted by Crippen LogP contribution is -2.37. The van der Waals surface area contributed by atoms with Crippen LogP contribution in [0.3, 0.4) is 0 Å². The Morgan fingerprint density at radius 2 is 2.07 bits per heavy atom. The van der Waals surface area contributed by atoms with Crippen LogP contribution in [0.25, 0.3) is 0 Å². The van der Waals surface area contributed by atoms with Gasteiger partial charge in [-0.1, -0.05) is 0 Å². The second-order valence-corrected chi connectivity index (χ2v) is 3.45. The van der Waals surface area contributed by atoms with Crippen molar-refractivity contribution >= 4 is 6.09 Å². The minimum Gasteiger partial charge on any atom is -0.465 e. The number of aromatic nitrogens is 2. The monoisotopic (exact) mass is 193 g/mol. The molecule has 0 atom stereocenters. The number of hydrogen-bond donors (Lipinski definition) is 1. The molecular formula is C9H11N3O2. The van der Waals surface area contributed by atoms with Crippen molar-refractivity contribution in [2.75, 3.05) is 7.05 Å². The molecular weight excluding hydrogens is 182 g/mol. The Morgan fingerprint density at radius 3 is 2.50 bits per heavy atom. The quantitative estimate of drug-likeness (QED) is 0.763. The fourth-order valence-corrected chi connectivity index (χ4v) is 1.55. The van der Waals surface area contributed by atoms with Crippen LogP contribution in [-0.4, -0.2) is 33.1 Å². The van der Waals surface area contributed by atoms with Crippen molar-refractivity contribution in [1.82, 2.24) is 14.9 Å². The van der Waals surface area contributed by atoms with E-state index in [0.717, 1.165) is 12.8 Å². The highest BCUT2D eigenvalue weighted by Crippen LogP contribution is 2.48. The molecule has 0 aromatic carbocycles. The normalized spacial score (nSPS) is 17.5. The second-order valence-electron chi connectivity index (χ2n) is 3.45. The lowest BCUT2D eigenvalue weighted by atomic mass is 10.2. The largest absolute Gasteiger partial charge is 0.465 e.